The fraction of sp³-hybridized carbons (Fsp3) is 0.294. The van der Waals surface area contributed by atoms with Gasteiger partial charge < -0.3 is 0 Å². The molecule has 0 aliphatic carbocycles. The Morgan fingerprint density at radius 1 is 1.35 bits per heavy atom. The summed E-state index contributed by atoms with van der Waals surface area (Å²) in [6.07, 6.45) is 0. The van der Waals surface area contributed by atoms with Crippen molar-refractivity contribution in [1.82, 2.24) is 9.55 Å². The molecule has 1 aromatic carbocycles. The molecule has 0 saturated heterocycles. The normalized spacial score (nSPS) is 11.3. The predicted octanol–water partition coefficient (Wildman–Crippen LogP) is 4.53. The molecule has 0 spiro atoms. The Morgan fingerprint density at radius 3 is 2.83 bits per heavy atom. The summed E-state index contributed by atoms with van der Waals surface area (Å²) in [5.74, 6) is 0.336. The molecule has 0 radical (unpaired) electrons. The van der Waals surface area contributed by atoms with Gasteiger partial charge in [0.25, 0.3) is 5.56 Å². The van der Waals surface area contributed by atoms with Crippen molar-refractivity contribution in [3.63, 3.8) is 0 Å². The second-order valence-corrected chi connectivity index (χ2v) is 7.47. The van der Waals surface area contributed by atoms with Gasteiger partial charge in [0.05, 0.1) is 5.39 Å². The van der Waals surface area contributed by atoms with Crippen LogP contribution in [0.4, 0.5) is 4.39 Å². The first-order valence-corrected chi connectivity index (χ1v) is 9.19. The van der Waals surface area contributed by atoms with Crippen LogP contribution in [0.25, 0.3) is 10.2 Å². The molecule has 0 unspecified atom stereocenters. The number of hydrogen-bond acceptors (Lipinski definition) is 4. The van der Waals surface area contributed by atoms with Crippen molar-refractivity contribution in [3.05, 3.63) is 56.4 Å². The zero-order valence-electron chi connectivity index (χ0n) is 13.2. The number of halogens is 1. The second kappa shape index (κ2) is 6.45. The van der Waals surface area contributed by atoms with E-state index in [1.807, 2.05) is 26.8 Å². The molecule has 0 bridgehead atoms. The monoisotopic (exact) mass is 348 g/mol. The Morgan fingerprint density at radius 2 is 2.13 bits per heavy atom. The molecule has 0 fully saturated rings. The van der Waals surface area contributed by atoms with Crippen LogP contribution < -0.4 is 5.56 Å². The number of hydrogen-bond donors (Lipinski definition) is 0. The van der Waals surface area contributed by atoms with Gasteiger partial charge in [-0.2, -0.15) is 0 Å². The van der Waals surface area contributed by atoms with Crippen molar-refractivity contribution in [1.29, 1.82) is 0 Å². The standard InChI is InChI=1S/C17H17FN2OS2/c1-4-20-16(21)14-10(2)11(3)23-15(14)19-17(20)22-9-12-6-5-7-13(18)8-12/h5-8H,4,9H2,1-3H3. The molecule has 23 heavy (non-hydrogen) atoms. The maximum atomic E-state index is 13.3. The molecule has 0 atom stereocenters. The van der Waals surface area contributed by atoms with Crippen molar-refractivity contribution in [2.45, 2.75) is 38.2 Å². The second-order valence-electron chi connectivity index (χ2n) is 5.33. The zero-order valence-corrected chi connectivity index (χ0v) is 14.9. The molecule has 6 heteroatoms. The molecule has 3 nitrogen and oxygen atoms in total. The fourth-order valence-corrected chi connectivity index (χ4v) is 4.55. The van der Waals surface area contributed by atoms with Crippen molar-refractivity contribution in [3.8, 4) is 0 Å². The summed E-state index contributed by atoms with van der Waals surface area (Å²) in [6, 6.07) is 6.51. The van der Waals surface area contributed by atoms with Crippen LogP contribution in [0.15, 0.2) is 34.2 Å². The molecule has 3 aromatic rings. The summed E-state index contributed by atoms with van der Waals surface area (Å²) in [4.78, 5) is 19.3. The van der Waals surface area contributed by atoms with Gasteiger partial charge in [-0.15, -0.1) is 11.3 Å². The molecular weight excluding hydrogens is 331 g/mol. The van der Waals surface area contributed by atoms with E-state index >= 15 is 0 Å². The number of thiophene rings is 1. The molecule has 2 aromatic heterocycles. The number of thioether (sulfide) groups is 1. The lowest BCUT2D eigenvalue weighted by Gasteiger charge is -2.10. The zero-order chi connectivity index (χ0) is 16.6. The first-order valence-electron chi connectivity index (χ1n) is 7.39. The highest BCUT2D eigenvalue weighted by Crippen LogP contribution is 2.29. The van der Waals surface area contributed by atoms with E-state index in [4.69, 9.17) is 0 Å². The number of aryl methyl sites for hydroxylation is 2. The number of benzene rings is 1. The molecule has 0 aliphatic heterocycles. The van der Waals surface area contributed by atoms with Crippen molar-refractivity contribution >= 4 is 33.3 Å². The maximum Gasteiger partial charge on any atom is 0.263 e. The van der Waals surface area contributed by atoms with Gasteiger partial charge in [-0.25, -0.2) is 9.37 Å². The van der Waals surface area contributed by atoms with Gasteiger partial charge in [0.2, 0.25) is 0 Å². The lowest BCUT2D eigenvalue weighted by molar-refractivity contribution is 0.626. The number of fused-ring (bicyclic) bond motifs is 1. The number of aromatic nitrogens is 2. The first kappa shape index (κ1) is 16.2. The minimum absolute atomic E-state index is 0.0149. The lowest BCUT2D eigenvalue weighted by atomic mass is 10.2. The van der Waals surface area contributed by atoms with Gasteiger partial charge in [0.15, 0.2) is 5.16 Å². The highest BCUT2D eigenvalue weighted by molar-refractivity contribution is 7.98. The van der Waals surface area contributed by atoms with Gasteiger partial charge >= 0.3 is 0 Å². The third-order valence-corrected chi connectivity index (χ3v) is 5.98. The van der Waals surface area contributed by atoms with E-state index in [1.165, 1.54) is 23.9 Å². The Bertz CT molecular complexity index is 930. The maximum absolute atomic E-state index is 13.3. The lowest BCUT2D eigenvalue weighted by Crippen LogP contribution is -2.22. The minimum atomic E-state index is -0.246. The van der Waals surface area contributed by atoms with E-state index in [2.05, 4.69) is 4.98 Å². The molecule has 120 valence electrons. The molecule has 0 saturated carbocycles. The van der Waals surface area contributed by atoms with Crippen LogP contribution in [-0.2, 0) is 12.3 Å². The van der Waals surface area contributed by atoms with E-state index < -0.39 is 0 Å². The summed E-state index contributed by atoms with van der Waals surface area (Å²) in [5.41, 5.74) is 1.91. The van der Waals surface area contributed by atoms with Crippen molar-refractivity contribution in [2.75, 3.05) is 0 Å². The Labute approximate surface area is 142 Å². The van der Waals surface area contributed by atoms with Gasteiger partial charge in [-0.1, -0.05) is 23.9 Å². The molecule has 0 aliphatic rings. The molecule has 3 rings (SSSR count). The predicted molar refractivity (Wildman–Crippen MR) is 95.0 cm³/mol. The average molecular weight is 348 g/mol. The van der Waals surface area contributed by atoms with Crippen LogP contribution in [0, 0.1) is 19.7 Å². The number of rotatable bonds is 4. The van der Waals surface area contributed by atoms with E-state index in [0.717, 1.165) is 26.2 Å². The van der Waals surface area contributed by atoms with Crippen LogP contribution in [0.2, 0.25) is 0 Å². The van der Waals surface area contributed by atoms with E-state index in [-0.39, 0.29) is 11.4 Å². The van der Waals surface area contributed by atoms with E-state index in [1.54, 1.807) is 22.0 Å². The minimum Gasteiger partial charge on any atom is -0.287 e. The van der Waals surface area contributed by atoms with Gasteiger partial charge in [-0.3, -0.25) is 9.36 Å². The summed E-state index contributed by atoms with van der Waals surface area (Å²) < 4.78 is 15.0. The molecule has 0 amide bonds. The highest BCUT2D eigenvalue weighted by Gasteiger charge is 2.16. The van der Waals surface area contributed by atoms with E-state index in [0.29, 0.717) is 17.5 Å². The largest absolute Gasteiger partial charge is 0.287 e. The SMILES string of the molecule is CCn1c(SCc2cccc(F)c2)nc2sc(C)c(C)c2c1=O. The quantitative estimate of drug-likeness (QED) is 0.513. The molecule has 0 N–H and O–H groups in total. The van der Waals surface area contributed by atoms with Crippen molar-refractivity contribution in [2.24, 2.45) is 0 Å². The Balaban J connectivity index is 2.01. The van der Waals surface area contributed by atoms with Crippen LogP contribution in [-0.4, -0.2) is 9.55 Å². The topological polar surface area (TPSA) is 34.9 Å². The van der Waals surface area contributed by atoms with Gasteiger partial charge in [0.1, 0.15) is 10.6 Å². The van der Waals surface area contributed by atoms with Crippen LogP contribution in [0.5, 0.6) is 0 Å². The summed E-state index contributed by atoms with van der Waals surface area (Å²) in [6.45, 7) is 6.49. The third kappa shape index (κ3) is 3.05. The van der Waals surface area contributed by atoms with E-state index in [9.17, 15) is 9.18 Å². The Kier molecular flexibility index (Phi) is 4.55. The highest BCUT2D eigenvalue weighted by atomic mass is 32.2. The van der Waals surface area contributed by atoms with Crippen molar-refractivity contribution < 1.29 is 4.39 Å². The van der Waals surface area contributed by atoms with Crippen LogP contribution >= 0.6 is 23.1 Å². The third-order valence-electron chi connectivity index (χ3n) is 3.83. The Hall–Kier alpha value is -1.66. The summed E-state index contributed by atoms with van der Waals surface area (Å²) in [7, 11) is 0. The summed E-state index contributed by atoms with van der Waals surface area (Å²) in [5, 5.41) is 1.42. The van der Waals surface area contributed by atoms with Crippen LogP contribution in [0.3, 0.4) is 0 Å². The molecular formula is C17H17FN2OS2. The average Bonchev–Trinajstić information content (AvgIpc) is 2.80. The smallest absolute Gasteiger partial charge is 0.263 e. The number of nitrogens with zero attached hydrogens (tertiary/aromatic N) is 2. The summed E-state index contributed by atoms with van der Waals surface area (Å²) >= 11 is 3.02. The van der Waals surface area contributed by atoms with Crippen LogP contribution in [0.1, 0.15) is 22.9 Å². The van der Waals surface area contributed by atoms with Gasteiger partial charge in [0, 0.05) is 17.2 Å². The molecule has 2 heterocycles. The first-order chi connectivity index (χ1) is 11.0. The van der Waals surface area contributed by atoms with Gasteiger partial charge in [-0.05, 0) is 44.0 Å². The fourth-order valence-electron chi connectivity index (χ4n) is 2.47.